The Balaban J connectivity index is 1.30. The number of anilines is 1. The average molecular weight is 497 g/mol. The van der Waals surface area contributed by atoms with E-state index in [1.165, 1.54) is 23.5 Å². The molecule has 0 spiro atoms. The number of fused-ring (bicyclic) bond motifs is 2. The topological polar surface area (TPSA) is 92.3 Å². The van der Waals surface area contributed by atoms with Crippen LogP contribution in [-0.2, 0) is 10.0 Å². The molecule has 2 aromatic heterocycles. The van der Waals surface area contributed by atoms with E-state index in [9.17, 15) is 13.2 Å². The quantitative estimate of drug-likeness (QED) is 0.534. The zero-order valence-corrected chi connectivity index (χ0v) is 21.1. The summed E-state index contributed by atoms with van der Waals surface area (Å²) in [5, 5.41) is 5.15. The zero-order valence-electron chi connectivity index (χ0n) is 19.5. The standard InChI is InChI=1S/C25H28N4O3S2/c1-24(2)12-19-13-25(3,15-24)16-29(19)34(31,32)20-6-4-18(5-7-20)22(30)28-23-27-21(14-33-23)17-8-10-26-11-9-17/h4-11,14,19H,12-13,15-16H2,1-3H3,(H,27,28,30). The summed E-state index contributed by atoms with van der Waals surface area (Å²) < 4.78 is 28.6. The number of rotatable bonds is 5. The minimum Gasteiger partial charge on any atom is -0.298 e. The molecule has 1 amide bonds. The van der Waals surface area contributed by atoms with E-state index >= 15 is 0 Å². The first-order chi connectivity index (χ1) is 16.0. The van der Waals surface area contributed by atoms with Crippen LogP contribution in [-0.4, -0.2) is 41.2 Å². The van der Waals surface area contributed by atoms with E-state index in [1.807, 2.05) is 17.5 Å². The van der Waals surface area contributed by atoms with Crippen molar-refractivity contribution in [1.29, 1.82) is 0 Å². The van der Waals surface area contributed by atoms with Crippen molar-refractivity contribution in [2.75, 3.05) is 11.9 Å². The van der Waals surface area contributed by atoms with Gasteiger partial charge in [0.05, 0.1) is 10.6 Å². The number of hydrogen-bond donors (Lipinski definition) is 1. The highest BCUT2D eigenvalue weighted by Crippen LogP contribution is 2.53. The van der Waals surface area contributed by atoms with Gasteiger partial charge < -0.3 is 0 Å². The SMILES string of the molecule is CC1(C)CC2CC(C)(CN2S(=O)(=O)c2ccc(C(=O)Nc3nc(-c4ccncc4)cs3)cc2)C1. The van der Waals surface area contributed by atoms with Crippen LogP contribution in [0.15, 0.2) is 59.1 Å². The van der Waals surface area contributed by atoms with Gasteiger partial charge in [-0.05, 0) is 66.5 Å². The van der Waals surface area contributed by atoms with Crippen molar-refractivity contribution in [3.05, 3.63) is 59.7 Å². The van der Waals surface area contributed by atoms with E-state index in [4.69, 9.17) is 0 Å². The molecule has 2 fully saturated rings. The normalized spacial score (nSPS) is 24.1. The van der Waals surface area contributed by atoms with Crippen LogP contribution in [0, 0.1) is 10.8 Å². The fraction of sp³-hybridized carbons (Fsp3) is 0.400. The maximum atomic E-state index is 13.5. The van der Waals surface area contributed by atoms with Gasteiger partial charge in [0.25, 0.3) is 5.91 Å². The lowest BCUT2D eigenvalue weighted by atomic mass is 9.65. The van der Waals surface area contributed by atoms with E-state index in [1.54, 1.807) is 28.8 Å². The van der Waals surface area contributed by atoms with Crippen LogP contribution in [0.25, 0.3) is 11.3 Å². The Bertz CT molecular complexity index is 1320. The zero-order chi connectivity index (χ0) is 24.1. The van der Waals surface area contributed by atoms with Gasteiger partial charge in [0, 0.05) is 41.5 Å². The molecule has 7 nitrogen and oxygen atoms in total. The number of hydrogen-bond acceptors (Lipinski definition) is 6. The summed E-state index contributed by atoms with van der Waals surface area (Å²) in [5.74, 6) is -0.328. The van der Waals surface area contributed by atoms with Crippen LogP contribution in [0.5, 0.6) is 0 Å². The second-order valence-corrected chi connectivity index (χ2v) is 13.3. The summed E-state index contributed by atoms with van der Waals surface area (Å²) in [6, 6.07) is 9.93. The molecule has 1 saturated heterocycles. The molecule has 2 bridgehead atoms. The molecular formula is C25H28N4O3S2. The van der Waals surface area contributed by atoms with Crippen molar-refractivity contribution in [1.82, 2.24) is 14.3 Å². The smallest absolute Gasteiger partial charge is 0.257 e. The Hall–Kier alpha value is -2.62. The highest BCUT2D eigenvalue weighted by Gasteiger charge is 2.53. The number of carbonyl (C=O) groups is 1. The summed E-state index contributed by atoms with van der Waals surface area (Å²) in [5.41, 5.74) is 2.22. The van der Waals surface area contributed by atoms with Gasteiger partial charge in [-0.15, -0.1) is 11.3 Å². The maximum Gasteiger partial charge on any atom is 0.257 e. The highest BCUT2D eigenvalue weighted by molar-refractivity contribution is 7.89. The van der Waals surface area contributed by atoms with Gasteiger partial charge in [-0.25, -0.2) is 13.4 Å². The first kappa shape index (κ1) is 23.1. The van der Waals surface area contributed by atoms with E-state index < -0.39 is 10.0 Å². The summed E-state index contributed by atoms with van der Waals surface area (Å²) in [6.45, 7) is 7.20. The molecule has 5 rings (SSSR count). The van der Waals surface area contributed by atoms with Crippen LogP contribution in [0.4, 0.5) is 5.13 Å². The monoisotopic (exact) mass is 496 g/mol. The predicted octanol–water partition coefficient (Wildman–Crippen LogP) is 5.05. The van der Waals surface area contributed by atoms with E-state index in [2.05, 4.69) is 36.1 Å². The minimum atomic E-state index is -3.62. The summed E-state index contributed by atoms with van der Waals surface area (Å²) in [7, 11) is -3.62. The van der Waals surface area contributed by atoms with Gasteiger partial charge in [0.1, 0.15) is 0 Å². The molecule has 2 unspecified atom stereocenters. The van der Waals surface area contributed by atoms with Gasteiger partial charge in [-0.1, -0.05) is 20.8 Å². The predicted molar refractivity (Wildman–Crippen MR) is 133 cm³/mol. The summed E-state index contributed by atoms with van der Waals surface area (Å²) in [6.07, 6.45) is 6.20. The lowest BCUT2D eigenvalue weighted by Gasteiger charge is -2.39. The number of thiazole rings is 1. The number of aromatic nitrogens is 2. The molecule has 2 atom stereocenters. The van der Waals surface area contributed by atoms with Gasteiger partial charge in [0.2, 0.25) is 10.0 Å². The van der Waals surface area contributed by atoms with Crippen molar-refractivity contribution in [2.45, 2.75) is 51.0 Å². The molecule has 2 aliphatic rings. The Kier molecular flexibility index (Phi) is 5.61. The van der Waals surface area contributed by atoms with Gasteiger partial charge in [-0.2, -0.15) is 4.31 Å². The van der Waals surface area contributed by atoms with Crippen LogP contribution >= 0.6 is 11.3 Å². The molecule has 1 aliphatic carbocycles. The third-order valence-electron chi connectivity index (χ3n) is 6.79. The number of benzene rings is 1. The van der Waals surface area contributed by atoms with Crippen molar-refractivity contribution in [2.24, 2.45) is 10.8 Å². The van der Waals surface area contributed by atoms with Crippen molar-refractivity contribution < 1.29 is 13.2 Å². The fourth-order valence-corrected chi connectivity index (χ4v) is 8.25. The Morgan fingerprint density at radius 1 is 1.09 bits per heavy atom. The molecule has 1 aromatic carbocycles. The Labute approximate surface area is 204 Å². The summed E-state index contributed by atoms with van der Waals surface area (Å²) in [4.78, 5) is 21.4. The average Bonchev–Trinajstić information content (AvgIpc) is 3.35. The number of sulfonamides is 1. The molecule has 9 heteroatoms. The number of carbonyl (C=O) groups excluding carboxylic acids is 1. The van der Waals surface area contributed by atoms with Crippen LogP contribution in [0.2, 0.25) is 0 Å². The lowest BCUT2D eigenvalue weighted by molar-refractivity contribution is 0.102. The molecule has 178 valence electrons. The maximum absolute atomic E-state index is 13.5. The second kappa shape index (κ2) is 8.25. The number of nitrogens with zero attached hydrogens (tertiary/aromatic N) is 3. The molecule has 1 saturated carbocycles. The van der Waals surface area contributed by atoms with E-state index in [0.717, 1.165) is 30.5 Å². The number of nitrogens with one attached hydrogen (secondary N) is 1. The van der Waals surface area contributed by atoms with E-state index in [-0.39, 0.29) is 27.7 Å². The largest absolute Gasteiger partial charge is 0.298 e. The van der Waals surface area contributed by atoms with E-state index in [0.29, 0.717) is 17.2 Å². The van der Waals surface area contributed by atoms with Crippen molar-refractivity contribution >= 4 is 32.4 Å². The molecular weight excluding hydrogens is 468 g/mol. The third kappa shape index (κ3) is 4.39. The molecule has 34 heavy (non-hydrogen) atoms. The first-order valence-electron chi connectivity index (χ1n) is 11.3. The number of amides is 1. The molecule has 1 aliphatic heterocycles. The van der Waals surface area contributed by atoms with Crippen LogP contribution in [0.1, 0.15) is 50.4 Å². The molecule has 1 N–H and O–H groups in total. The Morgan fingerprint density at radius 2 is 1.79 bits per heavy atom. The second-order valence-electron chi connectivity index (χ2n) is 10.5. The highest BCUT2D eigenvalue weighted by atomic mass is 32.2. The minimum absolute atomic E-state index is 0.0160. The molecule has 3 aromatic rings. The molecule has 0 radical (unpaired) electrons. The van der Waals surface area contributed by atoms with Crippen LogP contribution in [0.3, 0.4) is 0 Å². The number of pyridine rings is 1. The van der Waals surface area contributed by atoms with Gasteiger partial charge in [0.15, 0.2) is 5.13 Å². The lowest BCUT2D eigenvalue weighted by Crippen LogP contribution is -2.37. The van der Waals surface area contributed by atoms with Crippen molar-refractivity contribution in [3.63, 3.8) is 0 Å². The molecule has 3 heterocycles. The first-order valence-corrected chi connectivity index (χ1v) is 13.7. The summed E-state index contributed by atoms with van der Waals surface area (Å²) >= 11 is 1.33. The van der Waals surface area contributed by atoms with Gasteiger partial charge in [-0.3, -0.25) is 15.1 Å². The third-order valence-corrected chi connectivity index (χ3v) is 9.46. The van der Waals surface area contributed by atoms with Crippen molar-refractivity contribution in [3.8, 4) is 11.3 Å². The van der Waals surface area contributed by atoms with Crippen LogP contribution < -0.4 is 5.32 Å². The fourth-order valence-electron chi connectivity index (χ4n) is 5.76. The Morgan fingerprint density at radius 3 is 2.50 bits per heavy atom. The van der Waals surface area contributed by atoms with Gasteiger partial charge >= 0.3 is 0 Å².